The normalized spacial score (nSPS) is 9.83. The molecule has 0 aliphatic carbocycles. The lowest BCUT2D eigenvalue weighted by molar-refractivity contribution is 0.613. The first kappa shape index (κ1) is 12.4. The Kier molecular flexibility index (Phi) is 3.81. The molecule has 2 rings (SSSR count). The van der Waals surface area contributed by atoms with Gasteiger partial charge in [-0.3, -0.25) is 0 Å². The third-order valence-corrected chi connectivity index (χ3v) is 2.84. The van der Waals surface area contributed by atoms with Crippen molar-refractivity contribution < 1.29 is 4.39 Å². The van der Waals surface area contributed by atoms with E-state index < -0.39 is 0 Å². The van der Waals surface area contributed by atoms with Crippen molar-refractivity contribution in [2.45, 2.75) is 6.54 Å². The van der Waals surface area contributed by atoms with Gasteiger partial charge in [0.05, 0.1) is 10.6 Å². The van der Waals surface area contributed by atoms with Crippen molar-refractivity contribution in [1.82, 2.24) is 0 Å². The lowest BCUT2D eigenvalue weighted by Crippen LogP contribution is -2.01. The van der Waals surface area contributed by atoms with E-state index in [1.54, 1.807) is 36.4 Å². The lowest BCUT2D eigenvalue weighted by Gasteiger charge is -2.08. The minimum atomic E-state index is -0.246. The molecule has 0 saturated heterocycles. The van der Waals surface area contributed by atoms with Gasteiger partial charge in [0.1, 0.15) is 11.9 Å². The SMILES string of the molecule is N#Cc1ccc(NCc2ccccc2F)cc1Cl. The van der Waals surface area contributed by atoms with E-state index in [9.17, 15) is 4.39 Å². The van der Waals surface area contributed by atoms with Gasteiger partial charge in [-0.15, -0.1) is 0 Å². The Bertz CT molecular complexity index is 605. The van der Waals surface area contributed by atoms with Crippen LogP contribution in [0.5, 0.6) is 0 Å². The first-order chi connectivity index (χ1) is 8.70. The van der Waals surface area contributed by atoms with E-state index in [0.29, 0.717) is 22.7 Å². The molecule has 2 aromatic rings. The molecule has 0 saturated carbocycles. The van der Waals surface area contributed by atoms with E-state index >= 15 is 0 Å². The van der Waals surface area contributed by atoms with Crippen LogP contribution in [0.4, 0.5) is 10.1 Å². The maximum atomic E-state index is 13.4. The minimum absolute atomic E-state index is 0.246. The summed E-state index contributed by atoms with van der Waals surface area (Å²) in [7, 11) is 0. The van der Waals surface area contributed by atoms with Gasteiger partial charge >= 0.3 is 0 Å². The molecule has 4 heteroatoms. The number of rotatable bonds is 3. The number of nitrogens with one attached hydrogen (secondary N) is 1. The second-order valence-electron chi connectivity index (χ2n) is 3.75. The summed E-state index contributed by atoms with van der Waals surface area (Å²) in [5.74, 6) is -0.246. The fourth-order valence-corrected chi connectivity index (χ4v) is 1.78. The first-order valence-corrected chi connectivity index (χ1v) is 5.75. The Labute approximate surface area is 110 Å². The van der Waals surface area contributed by atoms with E-state index in [1.165, 1.54) is 6.07 Å². The van der Waals surface area contributed by atoms with Crippen molar-refractivity contribution in [2.24, 2.45) is 0 Å². The summed E-state index contributed by atoms with van der Waals surface area (Å²) in [4.78, 5) is 0. The number of anilines is 1. The third kappa shape index (κ3) is 2.79. The zero-order valence-electron chi connectivity index (χ0n) is 9.45. The Morgan fingerprint density at radius 3 is 2.67 bits per heavy atom. The Balaban J connectivity index is 2.10. The molecule has 0 heterocycles. The van der Waals surface area contributed by atoms with Gasteiger partial charge in [0.15, 0.2) is 0 Å². The summed E-state index contributed by atoms with van der Waals surface area (Å²) in [6.07, 6.45) is 0. The highest BCUT2D eigenvalue weighted by atomic mass is 35.5. The standard InChI is InChI=1S/C14H10ClFN2/c15-13-7-12(6-5-10(13)8-17)18-9-11-3-1-2-4-14(11)16/h1-7,18H,9H2. The molecule has 0 unspecified atom stereocenters. The van der Waals surface area contributed by atoms with E-state index in [4.69, 9.17) is 16.9 Å². The molecule has 0 amide bonds. The third-order valence-electron chi connectivity index (χ3n) is 2.53. The van der Waals surface area contributed by atoms with Crippen LogP contribution in [0, 0.1) is 17.1 Å². The molecule has 1 N–H and O–H groups in total. The molecule has 0 radical (unpaired) electrons. The molecule has 0 aliphatic heterocycles. The second kappa shape index (κ2) is 5.52. The summed E-state index contributed by atoms with van der Waals surface area (Å²) < 4.78 is 13.4. The predicted octanol–water partition coefficient (Wildman–Crippen LogP) is 3.96. The van der Waals surface area contributed by atoms with Crippen molar-refractivity contribution in [2.75, 3.05) is 5.32 Å². The van der Waals surface area contributed by atoms with Gasteiger partial charge in [-0.05, 0) is 24.3 Å². The molecule has 0 spiro atoms. The van der Waals surface area contributed by atoms with E-state index in [-0.39, 0.29) is 5.82 Å². The quantitative estimate of drug-likeness (QED) is 0.907. The van der Waals surface area contributed by atoms with Gasteiger partial charge in [0, 0.05) is 17.8 Å². The predicted molar refractivity (Wildman–Crippen MR) is 69.9 cm³/mol. The van der Waals surface area contributed by atoms with Crippen LogP contribution in [-0.2, 0) is 6.54 Å². The van der Waals surface area contributed by atoms with Crippen LogP contribution in [-0.4, -0.2) is 0 Å². The van der Waals surface area contributed by atoms with Gasteiger partial charge in [-0.25, -0.2) is 4.39 Å². The summed E-state index contributed by atoms with van der Waals surface area (Å²) in [5, 5.41) is 12.2. The number of halogens is 2. The fraction of sp³-hybridized carbons (Fsp3) is 0.0714. The van der Waals surface area contributed by atoms with Gasteiger partial charge in [-0.2, -0.15) is 5.26 Å². The van der Waals surface area contributed by atoms with Crippen molar-refractivity contribution >= 4 is 17.3 Å². The number of nitriles is 1. The topological polar surface area (TPSA) is 35.8 Å². The Morgan fingerprint density at radius 2 is 2.00 bits per heavy atom. The van der Waals surface area contributed by atoms with Crippen LogP contribution in [0.3, 0.4) is 0 Å². The Hall–Kier alpha value is -2.05. The van der Waals surface area contributed by atoms with Crippen LogP contribution in [0.25, 0.3) is 0 Å². The maximum absolute atomic E-state index is 13.4. The van der Waals surface area contributed by atoms with Crippen molar-refractivity contribution in [3.8, 4) is 6.07 Å². The number of nitrogens with zero attached hydrogens (tertiary/aromatic N) is 1. The summed E-state index contributed by atoms with van der Waals surface area (Å²) in [6.45, 7) is 0.370. The molecule has 90 valence electrons. The maximum Gasteiger partial charge on any atom is 0.128 e. The van der Waals surface area contributed by atoms with Crippen LogP contribution < -0.4 is 5.32 Å². The largest absolute Gasteiger partial charge is 0.381 e. The fourth-order valence-electron chi connectivity index (χ4n) is 1.55. The summed E-state index contributed by atoms with van der Waals surface area (Å²) in [5.41, 5.74) is 1.76. The molecule has 0 fully saturated rings. The zero-order valence-corrected chi connectivity index (χ0v) is 10.2. The van der Waals surface area contributed by atoms with Crippen LogP contribution in [0.1, 0.15) is 11.1 Å². The number of hydrogen-bond donors (Lipinski definition) is 1. The van der Waals surface area contributed by atoms with Gasteiger partial charge in [0.2, 0.25) is 0 Å². The molecule has 0 bridgehead atoms. The number of hydrogen-bond acceptors (Lipinski definition) is 2. The van der Waals surface area contributed by atoms with Gasteiger partial charge in [-0.1, -0.05) is 29.8 Å². The van der Waals surface area contributed by atoms with Crippen molar-refractivity contribution in [3.63, 3.8) is 0 Å². The summed E-state index contributed by atoms with van der Waals surface area (Å²) in [6, 6.07) is 13.6. The van der Waals surface area contributed by atoms with Crippen molar-refractivity contribution in [1.29, 1.82) is 5.26 Å². The molecule has 0 atom stereocenters. The molecule has 2 nitrogen and oxygen atoms in total. The van der Waals surface area contributed by atoms with Crippen molar-refractivity contribution in [3.05, 3.63) is 64.4 Å². The molecular weight excluding hydrogens is 251 g/mol. The average molecular weight is 261 g/mol. The Morgan fingerprint density at radius 1 is 1.22 bits per heavy atom. The zero-order chi connectivity index (χ0) is 13.0. The van der Waals surface area contributed by atoms with E-state index in [0.717, 1.165) is 5.69 Å². The molecule has 2 aromatic carbocycles. The van der Waals surface area contributed by atoms with Gasteiger partial charge < -0.3 is 5.32 Å². The highest BCUT2D eigenvalue weighted by Crippen LogP contribution is 2.20. The molecule has 18 heavy (non-hydrogen) atoms. The molecule has 0 aromatic heterocycles. The summed E-state index contributed by atoms with van der Waals surface area (Å²) >= 11 is 5.91. The minimum Gasteiger partial charge on any atom is -0.381 e. The molecule has 0 aliphatic rings. The van der Waals surface area contributed by atoms with E-state index in [1.807, 2.05) is 6.07 Å². The number of benzene rings is 2. The van der Waals surface area contributed by atoms with Gasteiger partial charge in [0.25, 0.3) is 0 Å². The van der Waals surface area contributed by atoms with Crippen LogP contribution in [0.2, 0.25) is 5.02 Å². The highest BCUT2D eigenvalue weighted by molar-refractivity contribution is 6.32. The van der Waals surface area contributed by atoms with Crippen LogP contribution >= 0.6 is 11.6 Å². The second-order valence-corrected chi connectivity index (χ2v) is 4.16. The highest BCUT2D eigenvalue weighted by Gasteiger charge is 2.03. The monoisotopic (exact) mass is 260 g/mol. The molecular formula is C14H10ClFN2. The average Bonchev–Trinajstić information content (AvgIpc) is 2.38. The lowest BCUT2D eigenvalue weighted by atomic mass is 10.2. The van der Waals surface area contributed by atoms with Crippen LogP contribution in [0.15, 0.2) is 42.5 Å². The first-order valence-electron chi connectivity index (χ1n) is 5.37. The van der Waals surface area contributed by atoms with E-state index in [2.05, 4.69) is 5.32 Å². The smallest absolute Gasteiger partial charge is 0.128 e.